The van der Waals surface area contributed by atoms with E-state index in [4.69, 9.17) is 4.52 Å². The number of hydrogen-bond donors (Lipinski definition) is 0. The fourth-order valence-electron chi connectivity index (χ4n) is 2.44. The maximum absolute atomic E-state index is 12.3. The van der Waals surface area contributed by atoms with E-state index < -0.39 is 0 Å². The zero-order valence-electron chi connectivity index (χ0n) is 13.1. The molecule has 0 radical (unpaired) electrons. The Labute approximate surface area is 135 Å². The second kappa shape index (κ2) is 6.44. The molecule has 0 amide bonds. The Kier molecular flexibility index (Phi) is 4.20. The van der Waals surface area contributed by atoms with Gasteiger partial charge in [0.15, 0.2) is 5.78 Å². The fraction of sp³-hybridized carbons (Fsp3) is 0.100. The SMILES string of the molecule is Cc1noc(C)c1/C=C/C(=O)c1ccc(-c2ccccc2)cc1. The van der Waals surface area contributed by atoms with E-state index in [2.05, 4.69) is 5.16 Å². The number of ketones is 1. The molecule has 3 nitrogen and oxygen atoms in total. The van der Waals surface area contributed by atoms with E-state index in [9.17, 15) is 4.79 Å². The summed E-state index contributed by atoms with van der Waals surface area (Å²) in [7, 11) is 0. The Morgan fingerprint density at radius 3 is 2.22 bits per heavy atom. The van der Waals surface area contributed by atoms with E-state index in [1.807, 2.05) is 68.4 Å². The molecule has 0 saturated heterocycles. The number of allylic oxidation sites excluding steroid dienone is 1. The van der Waals surface area contributed by atoms with E-state index in [0.29, 0.717) is 11.3 Å². The highest BCUT2D eigenvalue weighted by atomic mass is 16.5. The van der Waals surface area contributed by atoms with E-state index in [0.717, 1.165) is 22.4 Å². The summed E-state index contributed by atoms with van der Waals surface area (Å²) in [5, 5.41) is 3.87. The molecule has 0 atom stereocenters. The molecule has 2 aromatic carbocycles. The van der Waals surface area contributed by atoms with Gasteiger partial charge in [0.2, 0.25) is 0 Å². The Morgan fingerprint density at radius 1 is 0.957 bits per heavy atom. The van der Waals surface area contributed by atoms with Crippen molar-refractivity contribution >= 4 is 11.9 Å². The summed E-state index contributed by atoms with van der Waals surface area (Å²) in [6, 6.07) is 17.7. The average molecular weight is 303 g/mol. The quantitative estimate of drug-likeness (QED) is 0.511. The first kappa shape index (κ1) is 15.0. The first-order chi connectivity index (χ1) is 11.1. The Hall–Kier alpha value is -2.94. The number of rotatable bonds is 4. The lowest BCUT2D eigenvalue weighted by Crippen LogP contribution is -1.94. The van der Waals surface area contributed by atoms with Crippen LogP contribution in [0.25, 0.3) is 17.2 Å². The van der Waals surface area contributed by atoms with Crippen molar-refractivity contribution in [3.05, 3.63) is 83.3 Å². The van der Waals surface area contributed by atoms with Gasteiger partial charge < -0.3 is 4.52 Å². The summed E-state index contributed by atoms with van der Waals surface area (Å²) < 4.78 is 5.09. The largest absolute Gasteiger partial charge is 0.361 e. The van der Waals surface area contributed by atoms with Gasteiger partial charge in [-0.1, -0.05) is 59.8 Å². The molecule has 1 aromatic heterocycles. The molecule has 0 aliphatic heterocycles. The lowest BCUT2D eigenvalue weighted by Gasteiger charge is -2.02. The standard InChI is InChI=1S/C20H17NO2/c1-14-19(15(2)23-21-14)12-13-20(22)18-10-8-17(9-11-18)16-6-4-3-5-7-16/h3-13H,1-2H3/b13-12+. The van der Waals surface area contributed by atoms with Crippen LogP contribution in [0.2, 0.25) is 0 Å². The summed E-state index contributed by atoms with van der Waals surface area (Å²) in [6.45, 7) is 3.69. The van der Waals surface area contributed by atoms with Gasteiger partial charge in [-0.15, -0.1) is 0 Å². The van der Waals surface area contributed by atoms with Crippen molar-refractivity contribution in [2.24, 2.45) is 0 Å². The molecule has 0 aliphatic carbocycles. The summed E-state index contributed by atoms with van der Waals surface area (Å²) in [5.74, 6) is 0.676. The van der Waals surface area contributed by atoms with Crippen LogP contribution in [0, 0.1) is 13.8 Å². The van der Waals surface area contributed by atoms with Crippen molar-refractivity contribution in [1.29, 1.82) is 0 Å². The normalized spacial score (nSPS) is 11.0. The van der Waals surface area contributed by atoms with Crippen LogP contribution in [0.4, 0.5) is 0 Å². The summed E-state index contributed by atoms with van der Waals surface area (Å²) in [6.07, 6.45) is 3.32. The number of nitrogens with zero attached hydrogens (tertiary/aromatic N) is 1. The number of benzene rings is 2. The molecular formula is C20H17NO2. The van der Waals surface area contributed by atoms with Gasteiger partial charge in [0.1, 0.15) is 5.76 Å². The minimum Gasteiger partial charge on any atom is -0.361 e. The predicted octanol–water partition coefficient (Wildman–Crippen LogP) is 4.85. The molecule has 3 heteroatoms. The topological polar surface area (TPSA) is 43.1 Å². The molecule has 114 valence electrons. The van der Waals surface area contributed by atoms with Crippen LogP contribution >= 0.6 is 0 Å². The highest BCUT2D eigenvalue weighted by Gasteiger charge is 2.07. The third kappa shape index (κ3) is 3.29. The van der Waals surface area contributed by atoms with E-state index in [1.165, 1.54) is 0 Å². The zero-order chi connectivity index (χ0) is 16.2. The van der Waals surface area contributed by atoms with Crippen molar-refractivity contribution < 1.29 is 9.32 Å². The molecule has 0 spiro atoms. The monoisotopic (exact) mass is 303 g/mol. The van der Waals surface area contributed by atoms with Crippen LogP contribution in [-0.2, 0) is 0 Å². The van der Waals surface area contributed by atoms with Crippen molar-refractivity contribution in [3.8, 4) is 11.1 Å². The highest BCUT2D eigenvalue weighted by molar-refractivity contribution is 6.07. The van der Waals surface area contributed by atoms with Gasteiger partial charge in [0.05, 0.1) is 5.69 Å². The third-order valence-electron chi connectivity index (χ3n) is 3.77. The van der Waals surface area contributed by atoms with Gasteiger partial charge >= 0.3 is 0 Å². The minimum absolute atomic E-state index is 0.0374. The fourth-order valence-corrected chi connectivity index (χ4v) is 2.44. The van der Waals surface area contributed by atoms with Crippen molar-refractivity contribution in [2.75, 3.05) is 0 Å². The molecule has 0 fully saturated rings. The third-order valence-corrected chi connectivity index (χ3v) is 3.77. The molecule has 0 N–H and O–H groups in total. The molecule has 0 unspecified atom stereocenters. The second-order valence-electron chi connectivity index (χ2n) is 5.38. The van der Waals surface area contributed by atoms with Gasteiger partial charge in [-0.2, -0.15) is 0 Å². The Bertz CT molecular complexity index is 824. The van der Waals surface area contributed by atoms with Crippen molar-refractivity contribution in [1.82, 2.24) is 5.16 Å². The van der Waals surface area contributed by atoms with Crippen LogP contribution < -0.4 is 0 Å². The maximum atomic E-state index is 12.3. The second-order valence-corrected chi connectivity index (χ2v) is 5.38. The molecule has 1 heterocycles. The van der Waals surface area contributed by atoms with Gasteiger partial charge in [-0.3, -0.25) is 4.79 Å². The van der Waals surface area contributed by atoms with Crippen LogP contribution in [-0.4, -0.2) is 10.9 Å². The lowest BCUT2D eigenvalue weighted by molar-refractivity contribution is 0.104. The Balaban J connectivity index is 1.78. The zero-order valence-corrected chi connectivity index (χ0v) is 13.1. The minimum atomic E-state index is -0.0374. The summed E-state index contributed by atoms with van der Waals surface area (Å²) in [5.41, 5.74) is 4.53. The molecule has 3 aromatic rings. The van der Waals surface area contributed by atoms with Crippen LogP contribution in [0.1, 0.15) is 27.4 Å². The molecular weight excluding hydrogens is 286 g/mol. The van der Waals surface area contributed by atoms with Gasteiger partial charge in [0, 0.05) is 11.1 Å². The van der Waals surface area contributed by atoms with Gasteiger partial charge in [-0.05, 0) is 37.1 Å². The van der Waals surface area contributed by atoms with E-state index in [-0.39, 0.29) is 5.78 Å². The molecule has 23 heavy (non-hydrogen) atoms. The first-order valence-corrected chi connectivity index (χ1v) is 7.46. The molecule has 0 saturated carbocycles. The number of carbonyl (C=O) groups is 1. The first-order valence-electron chi connectivity index (χ1n) is 7.46. The van der Waals surface area contributed by atoms with Crippen LogP contribution in [0.5, 0.6) is 0 Å². The highest BCUT2D eigenvalue weighted by Crippen LogP contribution is 2.20. The predicted molar refractivity (Wildman–Crippen MR) is 91.2 cm³/mol. The van der Waals surface area contributed by atoms with Gasteiger partial charge in [0.25, 0.3) is 0 Å². The van der Waals surface area contributed by atoms with E-state index >= 15 is 0 Å². The average Bonchev–Trinajstić information content (AvgIpc) is 2.92. The van der Waals surface area contributed by atoms with Crippen molar-refractivity contribution in [3.63, 3.8) is 0 Å². The maximum Gasteiger partial charge on any atom is 0.185 e. The molecule has 3 rings (SSSR count). The van der Waals surface area contributed by atoms with Gasteiger partial charge in [-0.25, -0.2) is 0 Å². The van der Waals surface area contributed by atoms with E-state index in [1.54, 1.807) is 12.2 Å². The summed E-state index contributed by atoms with van der Waals surface area (Å²) in [4.78, 5) is 12.3. The lowest BCUT2D eigenvalue weighted by atomic mass is 10.0. The van der Waals surface area contributed by atoms with Crippen LogP contribution in [0.15, 0.2) is 65.2 Å². The van der Waals surface area contributed by atoms with Crippen molar-refractivity contribution in [2.45, 2.75) is 13.8 Å². The molecule has 0 aliphatic rings. The number of carbonyl (C=O) groups excluding carboxylic acids is 1. The summed E-state index contributed by atoms with van der Waals surface area (Å²) >= 11 is 0. The number of aryl methyl sites for hydroxylation is 2. The number of aromatic nitrogens is 1. The smallest absolute Gasteiger partial charge is 0.185 e. The Morgan fingerprint density at radius 2 is 1.61 bits per heavy atom. The molecule has 0 bridgehead atoms. The van der Waals surface area contributed by atoms with Crippen LogP contribution in [0.3, 0.4) is 0 Å². The number of hydrogen-bond acceptors (Lipinski definition) is 3.